The molecule has 3 N–H and O–H groups in total. The monoisotopic (exact) mass is 275 g/mol. The van der Waals surface area contributed by atoms with E-state index >= 15 is 0 Å². The second-order valence-electron chi connectivity index (χ2n) is 4.29. The number of aliphatic hydroxyl groups is 1. The minimum Gasteiger partial charge on any atom is -0.507 e. The minimum absolute atomic E-state index is 0.0459. The third-order valence-electron chi connectivity index (χ3n) is 2.88. The van der Waals surface area contributed by atoms with Gasteiger partial charge in [0.2, 0.25) is 0 Å². The van der Waals surface area contributed by atoms with Crippen molar-refractivity contribution >= 4 is 5.91 Å². The molecule has 104 valence electrons. The van der Waals surface area contributed by atoms with E-state index in [1.165, 1.54) is 12.1 Å². The zero-order valence-corrected chi connectivity index (χ0v) is 10.6. The van der Waals surface area contributed by atoms with Gasteiger partial charge in [-0.25, -0.2) is 4.39 Å². The highest BCUT2D eigenvalue weighted by Crippen LogP contribution is 2.19. The fourth-order valence-electron chi connectivity index (χ4n) is 1.77. The van der Waals surface area contributed by atoms with Gasteiger partial charge in [-0.3, -0.25) is 4.79 Å². The first-order chi connectivity index (χ1) is 9.61. The normalized spacial score (nSPS) is 10.3. The standard InChI is InChI=1S/C15H14FNO3/c16-12-2-1-3-13(19)14(12)15(20)17-8-10-4-6-11(9-18)7-5-10/h1-7,18-19H,8-9H2,(H,17,20). The molecule has 2 aromatic rings. The van der Waals surface area contributed by atoms with E-state index in [4.69, 9.17) is 5.11 Å². The molecule has 2 aromatic carbocycles. The van der Waals surface area contributed by atoms with Crippen molar-refractivity contribution in [2.24, 2.45) is 0 Å². The largest absolute Gasteiger partial charge is 0.507 e. The summed E-state index contributed by atoms with van der Waals surface area (Å²) in [7, 11) is 0. The number of hydrogen-bond acceptors (Lipinski definition) is 3. The number of phenols is 1. The van der Waals surface area contributed by atoms with Gasteiger partial charge in [0.05, 0.1) is 6.61 Å². The predicted octanol–water partition coefficient (Wildman–Crippen LogP) is 1.95. The Hall–Kier alpha value is -2.40. The molecule has 0 radical (unpaired) electrons. The number of nitrogens with one attached hydrogen (secondary N) is 1. The summed E-state index contributed by atoms with van der Waals surface area (Å²) in [5, 5.41) is 20.9. The number of phenolic OH excluding ortho intramolecular Hbond substituents is 1. The summed E-state index contributed by atoms with van der Waals surface area (Å²) in [4.78, 5) is 11.8. The number of carbonyl (C=O) groups excluding carboxylic acids is 1. The number of rotatable bonds is 4. The molecule has 2 rings (SSSR count). The van der Waals surface area contributed by atoms with E-state index in [0.29, 0.717) is 0 Å². The van der Waals surface area contributed by atoms with Crippen LogP contribution >= 0.6 is 0 Å². The summed E-state index contributed by atoms with van der Waals surface area (Å²) in [6, 6.07) is 10.7. The summed E-state index contributed by atoms with van der Waals surface area (Å²) in [6.07, 6.45) is 0. The fourth-order valence-corrected chi connectivity index (χ4v) is 1.77. The number of aromatic hydroxyl groups is 1. The van der Waals surface area contributed by atoms with Gasteiger partial charge in [-0.1, -0.05) is 30.3 Å². The maximum atomic E-state index is 13.5. The van der Waals surface area contributed by atoms with Crippen molar-refractivity contribution in [1.82, 2.24) is 5.32 Å². The smallest absolute Gasteiger partial charge is 0.258 e. The van der Waals surface area contributed by atoms with E-state index in [-0.39, 0.29) is 18.7 Å². The van der Waals surface area contributed by atoms with Crippen LogP contribution in [0.4, 0.5) is 4.39 Å². The molecule has 5 heteroatoms. The van der Waals surface area contributed by atoms with Gasteiger partial charge in [-0.15, -0.1) is 0 Å². The molecule has 0 aromatic heterocycles. The Bertz CT molecular complexity index is 591. The number of carbonyl (C=O) groups is 1. The molecule has 0 aliphatic rings. The lowest BCUT2D eigenvalue weighted by molar-refractivity contribution is 0.0944. The van der Waals surface area contributed by atoms with E-state index in [9.17, 15) is 14.3 Å². The van der Waals surface area contributed by atoms with E-state index < -0.39 is 17.5 Å². The molecule has 0 fully saturated rings. The van der Waals surface area contributed by atoms with Gasteiger partial charge in [0.25, 0.3) is 5.91 Å². The quantitative estimate of drug-likeness (QED) is 0.798. The molecule has 0 unspecified atom stereocenters. The van der Waals surface area contributed by atoms with Gasteiger partial charge in [0.1, 0.15) is 17.1 Å². The van der Waals surface area contributed by atoms with Crippen LogP contribution in [0.15, 0.2) is 42.5 Å². The second-order valence-corrected chi connectivity index (χ2v) is 4.29. The van der Waals surface area contributed by atoms with Crippen molar-refractivity contribution < 1.29 is 19.4 Å². The predicted molar refractivity (Wildman–Crippen MR) is 71.6 cm³/mol. The number of amides is 1. The van der Waals surface area contributed by atoms with Gasteiger partial charge < -0.3 is 15.5 Å². The zero-order chi connectivity index (χ0) is 14.5. The molecule has 0 aliphatic carbocycles. The summed E-state index contributed by atoms with van der Waals surface area (Å²) in [5.74, 6) is -1.83. The maximum Gasteiger partial charge on any atom is 0.258 e. The van der Waals surface area contributed by atoms with Crippen LogP contribution in [0.5, 0.6) is 5.75 Å². The Morgan fingerprint density at radius 1 is 1.10 bits per heavy atom. The number of hydrogen-bond donors (Lipinski definition) is 3. The van der Waals surface area contributed by atoms with E-state index in [2.05, 4.69) is 5.32 Å². The Kier molecular flexibility index (Phi) is 4.32. The first-order valence-corrected chi connectivity index (χ1v) is 6.06. The zero-order valence-electron chi connectivity index (χ0n) is 10.6. The number of aliphatic hydroxyl groups excluding tert-OH is 1. The average Bonchev–Trinajstić information content (AvgIpc) is 2.45. The highest BCUT2D eigenvalue weighted by atomic mass is 19.1. The maximum absolute atomic E-state index is 13.5. The average molecular weight is 275 g/mol. The molecule has 0 spiro atoms. The Balaban J connectivity index is 2.05. The van der Waals surface area contributed by atoms with Gasteiger partial charge in [0, 0.05) is 6.54 Å². The van der Waals surface area contributed by atoms with Crippen LogP contribution in [-0.2, 0) is 13.2 Å². The van der Waals surface area contributed by atoms with E-state index in [1.807, 2.05) is 0 Å². The van der Waals surface area contributed by atoms with Crippen molar-refractivity contribution in [3.8, 4) is 5.75 Å². The van der Waals surface area contributed by atoms with E-state index in [1.54, 1.807) is 24.3 Å². The molecule has 4 nitrogen and oxygen atoms in total. The minimum atomic E-state index is -0.766. The lowest BCUT2D eigenvalue weighted by Crippen LogP contribution is -2.23. The number of benzene rings is 2. The Labute approximate surface area is 115 Å². The van der Waals surface area contributed by atoms with Crippen LogP contribution in [-0.4, -0.2) is 16.1 Å². The van der Waals surface area contributed by atoms with Crippen molar-refractivity contribution in [1.29, 1.82) is 0 Å². The summed E-state index contributed by atoms with van der Waals surface area (Å²) in [5.41, 5.74) is 1.22. The molecule has 20 heavy (non-hydrogen) atoms. The second kappa shape index (κ2) is 6.16. The lowest BCUT2D eigenvalue weighted by atomic mass is 10.1. The first-order valence-electron chi connectivity index (χ1n) is 6.06. The molecule has 1 amide bonds. The van der Waals surface area contributed by atoms with Crippen LogP contribution in [0.3, 0.4) is 0 Å². The SMILES string of the molecule is O=C(NCc1ccc(CO)cc1)c1c(O)cccc1F. The topological polar surface area (TPSA) is 69.6 Å². The number of halogens is 1. The Morgan fingerprint density at radius 3 is 2.35 bits per heavy atom. The molecule has 0 heterocycles. The molecule has 0 saturated heterocycles. The van der Waals surface area contributed by atoms with Crippen molar-refractivity contribution in [3.05, 3.63) is 65.0 Å². The van der Waals surface area contributed by atoms with Crippen molar-refractivity contribution in [2.75, 3.05) is 0 Å². The van der Waals surface area contributed by atoms with Gasteiger partial charge in [0.15, 0.2) is 0 Å². The van der Waals surface area contributed by atoms with Crippen LogP contribution < -0.4 is 5.32 Å². The van der Waals surface area contributed by atoms with Crippen molar-refractivity contribution in [3.63, 3.8) is 0 Å². The summed E-state index contributed by atoms with van der Waals surface area (Å²) in [6.45, 7) is 0.161. The van der Waals surface area contributed by atoms with Crippen molar-refractivity contribution in [2.45, 2.75) is 13.2 Å². The van der Waals surface area contributed by atoms with Gasteiger partial charge >= 0.3 is 0 Å². The molecule has 0 saturated carbocycles. The molecule has 0 aliphatic heterocycles. The molecule has 0 bridgehead atoms. The fraction of sp³-hybridized carbons (Fsp3) is 0.133. The van der Waals surface area contributed by atoms with Crippen LogP contribution in [0.2, 0.25) is 0 Å². The van der Waals surface area contributed by atoms with E-state index in [0.717, 1.165) is 17.2 Å². The summed E-state index contributed by atoms with van der Waals surface area (Å²) < 4.78 is 13.5. The summed E-state index contributed by atoms with van der Waals surface area (Å²) >= 11 is 0. The van der Waals surface area contributed by atoms with Gasteiger partial charge in [-0.2, -0.15) is 0 Å². The molecular weight excluding hydrogens is 261 g/mol. The van der Waals surface area contributed by atoms with Crippen LogP contribution in [0.1, 0.15) is 21.5 Å². The molecular formula is C15H14FNO3. The van der Waals surface area contributed by atoms with Crippen LogP contribution in [0, 0.1) is 5.82 Å². The molecule has 0 atom stereocenters. The highest BCUT2D eigenvalue weighted by Gasteiger charge is 2.15. The third-order valence-corrected chi connectivity index (χ3v) is 2.88. The van der Waals surface area contributed by atoms with Gasteiger partial charge in [-0.05, 0) is 23.3 Å². The third kappa shape index (κ3) is 3.13. The van der Waals surface area contributed by atoms with Crippen LogP contribution in [0.25, 0.3) is 0 Å². The Morgan fingerprint density at radius 2 is 1.75 bits per heavy atom. The first kappa shape index (κ1) is 14.0. The highest BCUT2D eigenvalue weighted by molar-refractivity contribution is 5.97. The lowest BCUT2D eigenvalue weighted by Gasteiger charge is -2.08.